The lowest BCUT2D eigenvalue weighted by Crippen LogP contribution is -2.52. The minimum absolute atomic E-state index is 0.0288. The molecule has 0 bridgehead atoms. The van der Waals surface area contributed by atoms with Crippen LogP contribution in [0.3, 0.4) is 0 Å². The number of thioether (sulfide) groups is 1. The number of nitrogens with zero attached hydrogens (tertiary/aromatic N) is 1. The topological polar surface area (TPSA) is 49.4 Å². The first-order valence-electron chi connectivity index (χ1n) is 12.4. The van der Waals surface area contributed by atoms with Gasteiger partial charge in [-0.05, 0) is 49.1 Å². The fourth-order valence-electron chi connectivity index (χ4n) is 3.92. The van der Waals surface area contributed by atoms with E-state index in [2.05, 4.69) is 39.4 Å². The van der Waals surface area contributed by atoms with Crippen LogP contribution in [0.15, 0.2) is 83.3 Å². The molecular weight excluding hydrogens is 532 g/mol. The molecular formula is C30H35BrN2O2S. The van der Waals surface area contributed by atoms with Crippen molar-refractivity contribution in [2.24, 2.45) is 0 Å². The van der Waals surface area contributed by atoms with Crippen LogP contribution >= 0.6 is 27.7 Å². The van der Waals surface area contributed by atoms with Gasteiger partial charge in [-0.25, -0.2) is 0 Å². The van der Waals surface area contributed by atoms with Crippen molar-refractivity contribution in [3.8, 4) is 0 Å². The maximum absolute atomic E-state index is 13.7. The van der Waals surface area contributed by atoms with E-state index < -0.39 is 6.04 Å². The van der Waals surface area contributed by atoms with Crippen molar-refractivity contribution in [1.29, 1.82) is 0 Å². The summed E-state index contributed by atoms with van der Waals surface area (Å²) in [5, 5.41) is 3.13. The van der Waals surface area contributed by atoms with Crippen molar-refractivity contribution in [2.75, 3.05) is 5.75 Å². The van der Waals surface area contributed by atoms with Gasteiger partial charge in [-0.3, -0.25) is 9.59 Å². The van der Waals surface area contributed by atoms with Crippen molar-refractivity contribution in [3.05, 3.63) is 106 Å². The number of benzene rings is 3. The third kappa shape index (κ3) is 8.82. The van der Waals surface area contributed by atoms with Crippen LogP contribution in [0.2, 0.25) is 0 Å². The van der Waals surface area contributed by atoms with E-state index in [1.807, 2.05) is 81.4 Å². The Morgan fingerprint density at radius 1 is 0.944 bits per heavy atom. The first kappa shape index (κ1) is 28.0. The van der Waals surface area contributed by atoms with E-state index in [-0.39, 0.29) is 17.9 Å². The van der Waals surface area contributed by atoms with E-state index in [9.17, 15) is 9.59 Å². The lowest BCUT2D eigenvalue weighted by atomic mass is 10.0. The van der Waals surface area contributed by atoms with Gasteiger partial charge in [0.1, 0.15) is 6.04 Å². The van der Waals surface area contributed by atoms with Crippen molar-refractivity contribution < 1.29 is 9.59 Å². The molecule has 6 heteroatoms. The fourth-order valence-corrected chi connectivity index (χ4v) is 5.06. The van der Waals surface area contributed by atoms with Crippen LogP contribution in [0.25, 0.3) is 0 Å². The Balaban J connectivity index is 1.85. The number of aryl methyl sites for hydroxylation is 1. The molecule has 0 unspecified atom stereocenters. The van der Waals surface area contributed by atoms with Gasteiger partial charge in [0.05, 0.1) is 5.75 Å². The van der Waals surface area contributed by atoms with E-state index >= 15 is 0 Å². The molecule has 3 rings (SSSR count). The van der Waals surface area contributed by atoms with E-state index in [1.165, 1.54) is 0 Å². The second-order valence-corrected chi connectivity index (χ2v) is 11.1. The van der Waals surface area contributed by atoms with Crippen LogP contribution in [0.5, 0.6) is 0 Å². The molecule has 0 fully saturated rings. The van der Waals surface area contributed by atoms with Gasteiger partial charge in [0.15, 0.2) is 0 Å². The zero-order valence-electron chi connectivity index (χ0n) is 21.2. The van der Waals surface area contributed by atoms with Crippen LogP contribution in [0.1, 0.15) is 42.5 Å². The largest absolute Gasteiger partial charge is 0.352 e. The molecule has 0 aliphatic rings. The molecule has 2 atom stereocenters. The molecule has 4 nitrogen and oxygen atoms in total. The first-order valence-corrected chi connectivity index (χ1v) is 14.3. The third-order valence-electron chi connectivity index (χ3n) is 6.12. The fraction of sp³-hybridized carbons (Fsp3) is 0.333. The zero-order valence-corrected chi connectivity index (χ0v) is 23.6. The van der Waals surface area contributed by atoms with E-state index in [1.54, 1.807) is 16.7 Å². The van der Waals surface area contributed by atoms with Crippen LogP contribution in [-0.2, 0) is 28.3 Å². The zero-order chi connectivity index (χ0) is 25.9. The molecule has 0 saturated heterocycles. The van der Waals surface area contributed by atoms with Crippen LogP contribution < -0.4 is 5.32 Å². The lowest BCUT2D eigenvalue weighted by molar-refractivity contribution is -0.139. The average Bonchev–Trinajstić information content (AvgIpc) is 2.87. The minimum atomic E-state index is -0.595. The minimum Gasteiger partial charge on any atom is -0.352 e. The summed E-state index contributed by atoms with van der Waals surface area (Å²) in [7, 11) is 0. The molecule has 36 heavy (non-hydrogen) atoms. The maximum atomic E-state index is 13.7. The van der Waals surface area contributed by atoms with Crippen molar-refractivity contribution >= 4 is 39.5 Å². The van der Waals surface area contributed by atoms with Gasteiger partial charge in [-0.15, -0.1) is 11.8 Å². The molecule has 0 saturated carbocycles. The third-order valence-corrected chi connectivity index (χ3v) is 7.63. The molecule has 0 aromatic heterocycles. The van der Waals surface area contributed by atoms with Crippen LogP contribution in [0, 0.1) is 6.92 Å². The first-order chi connectivity index (χ1) is 17.4. The molecule has 0 aliphatic heterocycles. The second-order valence-electron chi connectivity index (χ2n) is 9.15. The Morgan fingerprint density at radius 3 is 2.31 bits per heavy atom. The van der Waals surface area contributed by atoms with Crippen molar-refractivity contribution in [2.45, 2.75) is 58.0 Å². The van der Waals surface area contributed by atoms with Gasteiger partial charge >= 0.3 is 0 Å². The number of hydrogen-bond acceptors (Lipinski definition) is 3. The summed E-state index contributed by atoms with van der Waals surface area (Å²) in [5.41, 5.74) is 4.35. The predicted molar refractivity (Wildman–Crippen MR) is 154 cm³/mol. The molecule has 0 spiro atoms. The summed E-state index contributed by atoms with van der Waals surface area (Å²) in [6.45, 7) is 6.48. The highest BCUT2D eigenvalue weighted by Crippen LogP contribution is 2.20. The summed E-state index contributed by atoms with van der Waals surface area (Å²) in [5.74, 6) is 0.912. The number of hydrogen-bond donors (Lipinski definition) is 1. The highest BCUT2D eigenvalue weighted by Gasteiger charge is 2.30. The van der Waals surface area contributed by atoms with Crippen LogP contribution in [0.4, 0.5) is 0 Å². The molecule has 0 radical (unpaired) electrons. The number of amides is 2. The molecule has 0 heterocycles. The highest BCUT2D eigenvalue weighted by molar-refractivity contribution is 9.10. The van der Waals surface area contributed by atoms with E-state index in [0.717, 1.165) is 38.9 Å². The van der Waals surface area contributed by atoms with Gasteiger partial charge < -0.3 is 10.2 Å². The number of nitrogens with one attached hydrogen (secondary N) is 1. The summed E-state index contributed by atoms with van der Waals surface area (Å²) < 4.78 is 1.03. The van der Waals surface area contributed by atoms with E-state index in [4.69, 9.17) is 0 Å². The number of rotatable bonds is 12. The summed E-state index contributed by atoms with van der Waals surface area (Å²) in [4.78, 5) is 29.0. The smallest absolute Gasteiger partial charge is 0.243 e. The Labute approximate surface area is 228 Å². The second kappa shape index (κ2) is 14.2. The summed E-state index contributed by atoms with van der Waals surface area (Å²) >= 11 is 5.04. The summed E-state index contributed by atoms with van der Waals surface area (Å²) in [6, 6.07) is 25.7. The average molecular weight is 568 g/mol. The molecule has 1 N–H and O–H groups in total. The maximum Gasteiger partial charge on any atom is 0.243 e. The number of halogens is 1. The van der Waals surface area contributed by atoms with E-state index in [0.29, 0.717) is 18.7 Å². The standard InChI is InChI=1S/C30H35BrN2O2S/c1-4-23(3)32-30(35)28(18-24-10-6-5-7-11-24)33(19-26-12-8-9-22(2)17-26)29(34)21-36-20-25-13-15-27(31)16-14-25/h5-17,23,28H,4,18-21H2,1-3H3,(H,32,35)/t23-,28+/m0/s1. The molecule has 3 aromatic rings. The van der Waals surface area contributed by atoms with Gasteiger partial charge in [0.2, 0.25) is 11.8 Å². The number of carbonyl (C=O) groups excluding carboxylic acids is 2. The molecule has 2 amide bonds. The Kier molecular flexibility index (Phi) is 11.1. The molecule has 3 aromatic carbocycles. The summed E-state index contributed by atoms with van der Waals surface area (Å²) in [6.07, 6.45) is 1.30. The lowest BCUT2D eigenvalue weighted by Gasteiger charge is -2.32. The monoisotopic (exact) mass is 566 g/mol. The molecule has 190 valence electrons. The van der Waals surface area contributed by atoms with Crippen molar-refractivity contribution in [3.63, 3.8) is 0 Å². The van der Waals surface area contributed by atoms with Gasteiger partial charge in [-0.2, -0.15) is 0 Å². The van der Waals surface area contributed by atoms with Crippen LogP contribution in [-0.4, -0.2) is 34.6 Å². The van der Waals surface area contributed by atoms with Gasteiger partial charge in [0.25, 0.3) is 0 Å². The Bertz CT molecular complexity index is 1120. The normalized spacial score (nSPS) is 12.6. The Hall–Kier alpha value is -2.57. The quantitative estimate of drug-likeness (QED) is 0.270. The Morgan fingerprint density at radius 2 is 1.64 bits per heavy atom. The van der Waals surface area contributed by atoms with Gasteiger partial charge in [-0.1, -0.05) is 95.1 Å². The predicted octanol–water partition coefficient (Wildman–Crippen LogP) is 6.55. The number of carbonyl (C=O) groups is 2. The van der Waals surface area contributed by atoms with Gasteiger partial charge in [0, 0.05) is 29.2 Å². The highest BCUT2D eigenvalue weighted by atomic mass is 79.9. The van der Waals surface area contributed by atoms with Crippen molar-refractivity contribution in [1.82, 2.24) is 10.2 Å². The SMILES string of the molecule is CC[C@H](C)NC(=O)[C@@H](Cc1ccccc1)N(Cc1cccc(C)c1)C(=O)CSCc1ccc(Br)cc1. The molecule has 0 aliphatic carbocycles.